The third-order valence-electron chi connectivity index (χ3n) is 6.05. The van der Waals surface area contributed by atoms with Crippen LogP contribution in [0.15, 0.2) is 71.8 Å². The molecule has 1 fully saturated rings. The van der Waals surface area contributed by atoms with Crippen molar-refractivity contribution in [1.29, 1.82) is 0 Å². The van der Waals surface area contributed by atoms with E-state index in [1.165, 1.54) is 0 Å². The highest BCUT2D eigenvalue weighted by Gasteiger charge is 2.18. The van der Waals surface area contributed by atoms with E-state index in [2.05, 4.69) is 40.7 Å². The number of aromatic nitrogens is 1. The fourth-order valence-electron chi connectivity index (χ4n) is 3.81. The summed E-state index contributed by atoms with van der Waals surface area (Å²) in [5.41, 5.74) is 2.84. The molecule has 1 amide bonds. The predicted octanol–water partition coefficient (Wildman–Crippen LogP) is 3.95. The normalized spacial score (nSPS) is 14.5. The van der Waals surface area contributed by atoms with Crippen molar-refractivity contribution in [2.75, 3.05) is 36.5 Å². The lowest BCUT2D eigenvalue weighted by Crippen LogP contribution is -2.36. The van der Waals surface area contributed by atoms with E-state index < -0.39 is 10.0 Å². The lowest BCUT2D eigenvalue weighted by atomic mass is 9.87. The van der Waals surface area contributed by atoms with Crippen molar-refractivity contribution in [2.45, 2.75) is 37.6 Å². The van der Waals surface area contributed by atoms with Gasteiger partial charge in [0.1, 0.15) is 5.82 Å². The van der Waals surface area contributed by atoms with Crippen LogP contribution in [-0.4, -0.2) is 45.6 Å². The first-order chi connectivity index (χ1) is 17.1. The number of ether oxygens (including phenoxy) is 1. The zero-order valence-electron chi connectivity index (χ0n) is 20.8. The second-order valence-electron chi connectivity index (χ2n) is 9.75. The molecule has 2 N–H and O–H groups in total. The Labute approximate surface area is 212 Å². The molecule has 8 nitrogen and oxygen atoms in total. The van der Waals surface area contributed by atoms with Crippen LogP contribution in [0.25, 0.3) is 0 Å². The maximum absolute atomic E-state index is 12.7. The quantitative estimate of drug-likeness (QED) is 0.501. The Morgan fingerprint density at radius 1 is 0.972 bits per heavy atom. The second-order valence-corrected chi connectivity index (χ2v) is 11.5. The van der Waals surface area contributed by atoms with Crippen molar-refractivity contribution < 1.29 is 17.9 Å². The van der Waals surface area contributed by atoms with Crippen LogP contribution in [0.5, 0.6) is 0 Å². The molecule has 3 aromatic rings. The molecule has 2 heterocycles. The number of carbonyl (C=O) groups excluding carboxylic acids is 1. The molecule has 0 spiro atoms. The van der Waals surface area contributed by atoms with Crippen LogP contribution in [0.1, 0.15) is 42.3 Å². The fraction of sp³-hybridized carbons (Fsp3) is 0.333. The summed E-state index contributed by atoms with van der Waals surface area (Å²) in [6.07, 6.45) is 1.64. The molecule has 4 rings (SSSR count). The first kappa shape index (κ1) is 25.8. The van der Waals surface area contributed by atoms with Gasteiger partial charge < -0.3 is 15.0 Å². The highest BCUT2D eigenvalue weighted by atomic mass is 32.2. The number of amides is 1. The molecule has 1 aliphatic rings. The van der Waals surface area contributed by atoms with Crippen LogP contribution >= 0.6 is 0 Å². The Morgan fingerprint density at radius 3 is 2.22 bits per heavy atom. The number of carbonyl (C=O) groups is 1. The summed E-state index contributed by atoms with van der Waals surface area (Å²) in [6.45, 7) is 9.32. The number of benzene rings is 2. The Bertz CT molecular complexity index is 1280. The number of rotatable bonds is 7. The van der Waals surface area contributed by atoms with E-state index in [0.29, 0.717) is 24.5 Å². The number of anilines is 2. The molecular weight excluding hydrogens is 476 g/mol. The van der Waals surface area contributed by atoms with Gasteiger partial charge in [0.05, 0.1) is 30.0 Å². The van der Waals surface area contributed by atoms with Gasteiger partial charge in [-0.2, -0.15) is 0 Å². The Hall–Kier alpha value is -3.27. The molecule has 1 saturated heterocycles. The van der Waals surface area contributed by atoms with Gasteiger partial charge in [-0.25, -0.2) is 18.1 Å². The fourth-order valence-corrected chi connectivity index (χ4v) is 4.83. The first-order valence-corrected chi connectivity index (χ1v) is 13.4. The lowest BCUT2D eigenvalue weighted by Gasteiger charge is -2.27. The standard InChI is InChI=1S/C27H32N4O4S/c1-27(2,3)22-8-11-24(12-9-22)36(33,34)29-18-20-4-6-21(7-5-20)26(32)30-23-10-13-25(28-19-23)31-14-16-35-17-15-31/h4-13,19,29H,14-18H2,1-3H3,(H,30,32). The van der Waals surface area contributed by atoms with E-state index in [9.17, 15) is 13.2 Å². The first-order valence-electron chi connectivity index (χ1n) is 11.9. The van der Waals surface area contributed by atoms with Crippen LogP contribution in [0.2, 0.25) is 0 Å². The van der Waals surface area contributed by atoms with Gasteiger partial charge in [0.15, 0.2) is 0 Å². The van der Waals surface area contributed by atoms with Gasteiger partial charge in [-0.3, -0.25) is 4.79 Å². The predicted molar refractivity (Wildman–Crippen MR) is 141 cm³/mol. The Morgan fingerprint density at radius 2 is 1.64 bits per heavy atom. The van der Waals surface area contributed by atoms with E-state index in [1.54, 1.807) is 42.6 Å². The average molecular weight is 509 g/mol. The third kappa shape index (κ3) is 6.48. The molecule has 9 heteroatoms. The number of nitrogens with one attached hydrogen (secondary N) is 2. The Balaban J connectivity index is 1.32. The SMILES string of the molecule is CC(C)(C)c1ccc(S(=O)(=O)NCc2ccc(C(=O)Nc3ccc(N4CCOCC4)nc3)cc2)cc1. The zero-order chi connectivity index (χ0) is 25.8. The molecule has 0 atom stereocenters. The van der Waals surface area contributed by atoms with Crippen molar-refractivity contribution >= 4 is 27.4 Å². The summed E-state index contributed by atoms with van der Waals surface area (Å²) in [5.74, 6) is 0.593. The molecule has 0 saturated carbocycles. The Kier molecular flexibility index (Phi) is 7.73. The minimum absolute atomic E-state index is 0.0490. The summed E-state index contributed by atoms with van der Waals surface area (Å²) in [7, 11) is -3.65. The molecule has 0 unspecified atom stereocenters. The molecule has 1 aromatic heterocycles. The van der Waals surface area contributed by atoms with E-state index >= 15 is 0 Å². The van der Waals surface area contributed by atoms with Crippen LogP contribution < -0.4 is 14.9 Å². The van der Waals surface area contributed by atoms with Crippen molar-refractivity contribution in [3.8, 4) is 0 Å². The van der Waals surface area contributed by atoms with Gasteiger partial charge in [0, 0.05) is 25.2 Å². The lowest BCUT2D eigenvalue weighted by molar-refractivity contribution is 0.102. The second kappa shape index (κ2) is 10.8. The molecule has 0 bridgehead atoms. The molecule has 36 heavy (non-hydrogen) atoms. The highest BCUT2D eigenvalue weighted by Crippen LogP contribution is 2.23. The zero-order valence-corrected chi connectivity index (χ0v) is 21.6. The van der Waals surface area contributed by atoms with E-state index in [4.69, 9.17) is 4.74 Å². The summed E-state index contributed by atoms with van der Waals surface area (Å²) < 4.78 is 33.3. The van der Waals surface area contributed by atoms with Crippen molar-refractivity contribution in [3.63, 3.8) is 0 Å². The van der Waals surface area contributed by atoms with Crippen LogP contribution in [0.3, 0.4) is 0 Å². The largest absolute Gasteiger partial charge is 0.378 e. The minimum atomic E-state index is -3.65. The van der Waals surface area contributed by atoms with E-state index in [1.807, 2.05) is 24.3 Å². The molecule has 190 valence electrons. The molecule has 0 aliphatic carbocycles. The number of sulfonamides is 1. The van der Waals surface area contributed by atoms with Gasteiger partial charge >= 0.3 is 0 Å². The summed E-state index contributed by atoms with van der Waals surface area (Å²) >= 11 is 0. The highest BCUT2D eigenvalue weighted by molar-refractivity contribution is 7.89. The molecule has 0 radical (unpaired) electrons. The van der Waals surface area contributed by atoms with Gasteiger partial charge in [-0.05, 0) is 52.9 Å². The number of hydrogen-bond acceptors (Lipinski definition) is 6. The summed E-state index contributed by atoms with van der Waals surface area (Å²) in [4.78, 5) is 19.4. The average Bonchev–Trinajstić information content (AvgIpc) is 2.88. The third-order valence-corrected chi connectivity index (χ3v) is 7.47. The van der Waals surface area contributed by atoms with Crippen molar-refractivity contribution in [3.05, 3.63) is 83.6 Å². The number of hydrogen-bond donors (Lipinski definition) is 2. The van der Waals surface area contributed by atoms with Gasteiger partial charge in [-0.1, -0.05) is 45.0 Å². The smallest absolute Gasteiger partial charge is 0.255 e. The monoisotopic (exact) mass is 508 g/mol. The van der Waals surface area contributed by atoms with Crippen LogP contribution in [0, 0.1) is 0 Å². The number of nitrogens with zero attached hydrogens (tertiary/aromatic N) is 2. The topological polar surface area (TPSA) is 101 Å². The van der Waals surface area contributed by atoms with E-state index in [0.717, 1.165) is 30.0 Å². The minimum Gasteiger partial charge on any atom is -0.378 e. The van der Waals surface area contributed by atoms with Gasteiger partial charge in [0.2, 0.25) is 10.0 Å². The maximum Gasteiger partial charge on any atom is 0.255 e. The summed E-state index contributed by atoms with van der Waals surface area (Å²) in [6, 6.07) is 17.5. The molecule has 1 aliphatic heterocycles. The van der Waals surface area contributed by atoms with Gasteiger partial charge in [-0.15, -0.1) is 0 Å². The molecular formula is C27H32N4O4S. The van der Waals surface area contributed by atoms with Crippen LogP contribution in [-0.2, 0) is 26.7 Å². The number of morpholine rings is 1. The van der Waals surface area contributed by atoms with Crippen molar-refractivity contribution in [1.82, 2.24) is 9.71 Å². The number of pyridine rings is 1. The maximum atomic E-state index is 12.7. The molecule has 2 aromatic carbocycles. The van der Waals surface area contributed by atoms with Crippen LogP contribution in [0.4, 0.5) is 11.5 Å². The van der Waals surface area contributed by atoms with E-state index in [-0.39, 0.29) is 22.8 Å². The summed E-state index contributed by atoms with van der Waals surface area (Å²) in [5, 5.41) is 2.84. The van der Waals surface area contributed by atoms with Gasteiger partial charge in [0.25, 0.3) is 5.91 Å². The van der Waals surface area contributed by atoms with Crippen molar-refractivity contribution in [2.24, 2.45) is 0 Å².